The zero-order valence-electron chi connectivity index (χ0n) is 8.32. The van der Waals surface area contributed by atoms with Crippen molar-refractivity contribution in [2.75, 3.05) is 0 Å². The molecule has 0 aliphatic rings. The quantitative estimate of drug-likeness (QED) is 0.719. The van der Waals surface area contributed by atoms with Crippen LogP contribution in [0.2, 0.25) is 0 Å². The summed E-state index contributed by atoms with van der Waals surface area (Å²) < 4.78 is 1.96. The fraction of sp³-hybridized carbons (Fsp3) is 0.273. The number of Topliss-reactive ketones (excluding diaryl/α,β-unsaturated/α-hetero) is 1. The summed E-state index contributed by atoms with van der Waals surface area (Å²) >= 11 is 0. The van der Waals surface area contributed by atoms with E-state index in [0.29, 0.717) is 6.42 Å². The molecule has 3 heteroatoms. The second-order valence-electron chi connectivity index (χ2n) is 3.56. The third-order valence-corrected chi connectivity index (χ3v) is 2.24. The van der Waals surface area contributed by atoms with Crippen LogP contribution in [-0.2, 0) is 18.3 Å². The Hall–Kier alpha value is -1.64. The van der Waals surface area contributed by atoms with Gasteiger partial charge in [-0.05, 0) is 24.6 Å². The predicted molar refractivity (Wildman–Crippen MR) is 55.1 cm³/mol. The number of nitrogens with zero attached hydrogens (tertiary/aromatic N) is 2. The van der Waals surface area contributed by atoms with E-state index in [4.69, 9.17) is 0 Å². The van der Waals surface area contributed by atoms with Crippen molar-refractivity contribution < 1.29 is 4.79 Å². The summed E-state index contributed by atoms with van der Waals surface area (Å²) in [6.07, 6.45) is 2.28. The van der Waals surface area contributed by atoms with Crippen molar-refractivity contribution in [3.8, 4) is 0 Å². The molecule has 0 spiro atoms. The second kappa shape index (κ2) is 3.25. The van der Waals surface area contributed by atoms with Crippen molar-refractivity contribution >= 4 is 16.8 Å². The number of fused-ring (bicyclic) bond motifs is 1. The maximum absolute atomic E-state index is 11.0. The van der Waals surface area contributed by atoms with Crippen molar-refractivity contribution in [3.63, 3.8) is 0 Å². The molecule has 0 amide bonds. The Kier molecular flexibility index (Phi) is 2.08. The van der Waals surface area contributed by atoms with Gasteiger partial charge in [-0.3, -0.25) is 4.79 Å². The zero-order valence-corrected chi connectivity index (χ0v) is 8.32. The minimum atomic E-state index is 0.187. The number of ketones is 1. The van der Waals surface area contributed by atoms with E-state index in [-0.39, 0.29) is 5.78 Å². The maximum atomic E-state index is 11.0. The van der Waals surface area contributed by atoms with Gasteiger partial charge in [-0.1, -0.05) is 6.07 Å². The highest BCUT2D eigenvalue weighted by Gasteiger charge is 2.02. The van der Waals surface area contributed by atoms with E-state index < -0.39 is 0 Å². The molecule has 3 nitrogen and oxygen atoms in total. The molecule has 0 saturated heterocycles. The normalized spacial score (nSPS) is 10.7. The van der Waals surface area contributed by atoms with E-state index in [2.05, 4.69) is 4.98 Å². The molecule has 0 N–H and O–H groups in total. The van der Waals surface area contributed by atoms with Crippen molar-refractivity contribution in [1.29, 1.82) is 0 Å². The number of aromatic nitrogens is 2. The molecule has 2 rings (SSSR count). The fourth-order valence-corrected chi connectivity index (χ4v) is 1.57. The van der Waals surface area contributed by atoms with Gasteiger partial charge in [0, 0.05) is 13.5 Å². The molecule has 1 aromatic carbocycles. The first-order valence-corrected chi connectivity index (χ1v) is 4.56. The molecular formula is C11H12N2O. The van der Waals surface area contributed by atoms with Gasteiger partial charge in [0.05, 0.1) is 17.4 Å². The fourth-order valence-electron chi connectivity index (χ4n) is 1.57. The Labute approximate surface area is 82.4 Å². The van der Waals surface area contributed by atoms with Gasteiger partial charge in [-0.2, -0.15) is 0 Å². The Morgan fingerprint density at radius 2 is 2.29 bits per heavy atom. The van der Waals surface area contributed by atoms with Crippen LogP contribution < -0.4 is 0 Å². The molecule has 0 aliphatic carbocycles. The molecule has 0 aliphatic heterocycles. The summed E-state index contributed by atoms with van der Waals surface area (Å²) in [6.45, 7) is 1.60. The Morgan fingerprint density at radius 1 is 1.50 bits per heavy atom. The zero-order chi connectivity index (χ0) is 10.1. The van der Waals surface area contributed by atoms with E-state index >= 15 is 0 Å². The smallest absolute Gasteiger partial charge is 0.134 e. The number of benzene rings is 1. The highest BCUT2D eigenvalue weighted by atomic mass is 16.1. The number of hydrogen-bond acceptors (Lipinski definition) is 2. The molecule has 2 aromatic rings. The summed E-state index contributed by atoms with van der Waals surface area (Å²) in [7, 11) is 1.95. The first-order chi connectivity index (χ1) is 6.66. The summed E-state index contributed by atoms with van der Waals surface area (Å²) in [5.74, 6) is 0.187. The van der Waals surface area contributed by atoms with Crippen LogP contribution >= 0.6 is 0 Å². The molecule has 14 heavy (non-hydrogen) atoms. The Balaban J connectivity index is 2.49. The third-order valence-electron chi connectivity index (χ3n) is 2.24. The van der Waals surface area contributed by atoms with Crippen LogP contribution in [0.3, 0.4) is 0 Å². The SMILES string of the molecule is CC(=O)Cc1ccc2ncn(C)c2c1. The van der Waals surface area contributed by atoms with E-state index in [1.54, 1.807) is 13.3 Å². The minimum absolute atomic E-state index is 0.187. The first-order valence-electron chi connectivity index (χ1n) is 4.56. The van der Waals surface area contributed by atoms with Crippen LogP contribution in [0.15, 0.2) is 24.5 Å². The minimum Gasteiger partial charge on any atom is -0.334 e. The predicted octanol–water partition coefficient (Wildman–Crippen LogP) is 1.70. The van der Waals surface area contributed by atoms with Crippen LogP contribution in [0, 0.1) is 0 Å². The molecule has 1 heterocycles. The number of rotatable bonds is 2. The van der Waals surface area contributed by atoms with Crippen LogP contribution in [0.25, 0.3) is 11.0 Å². The van der Waals surface area contributed by atoms with Crippen LogP contribution in [0.4, 0.5) is 0 Å². The summed E-state index contributed by atoms with van der Waals surface area (Å²) in [4.78, 5) is 15.2. The van der Waals surface area contributed by atoms with Crippen LogP contribution in [-0.4, -0.2) is 15.3 Å². The van der Waals surface area contributed by atoms with E-state index in [0.717, 1.165) is 16.6 Å². The van der Waals surface area contributed by atoms with Gasteiger partial charge in [0.1, 0.15) is 5.78 Å². The number of hydrogen-bond donors (Lipinski definition) is 0. The van der Waals surface area contributed by atoms with Crippen LogP contribution in [0.5, 0.6) is 0 Å². The maximum Gasteiger partial charge on any atom is 0.134 e. The van der Waals surface area contributed by atoms with Gasteiger partial charge in [0.15, 0.2) is 0 Å². The van der Waals surface area contributed by atoms with Crippen molar-refractivity contribution in [2.45, 2.75) is 13.3 Å². The van der Waals surface area contributed by atoms with Crippen molar-refractivity contribution in [1.82, 2.24) is 9.55 Å². The summed E-state index contributed by atoms with van der Waals surface area (Å²) in [6, 6.07) is 5.92. The molecule has 1 aromatic heterocycles. The molecule has 0 radical (unpaired) electrons. The topological polar surface area (TPSA) is 34.9 Å². The van der Waals surface area contributed by atoms with Crippen molar-refractivity contribution in [2.24, 2.45) is 7.05 Å². The molecular weight excluding hydrogens is 176 g/mol. The third kappa shape index (κ3) is 1.53. The first kappa shape index (κ1) is 8.94. The Bertz CT molecular complexity index is 485. The second-order valence-corrected chi connectivity index (χ2v) is 3.56. The average Bonchev–Trinajstić information content (AvgIpc) is 2.47. The van der Waals surface area contributed by atoms with E-state index in [9.17, 15) is 4.79 Å². The van der Waals surface area contributed by atoms with Gasteiger partial charge >= 0.3 is 0 Å². The van der Waals surface area contributed by atoms with Gasteiger partial charge in [0.2, 0.25) is 0 Å². The van der Waals surface area contributed by atoms with Crippen LogP contribution in [0.1, 0.15) is 12.5 Å². The van der Waals surface area contributed by atoms with E-state index in [1.165, 1.54) is 0 Å². The summed E-state index contributed by atoms with van der Waals surface area (Å²) in [5.41, 5.74) is 3.09. The molecule has 0 saturated carbocycles. The van der Waals surface area contributed by atoms with Gasteiger partial charge in [-0.15, -0.1) is 0 Å². The number of imidazole rings is 1. The number of carbonyl (C=O) groups is 1. The number of aryl methyl sites for hydroxylation is 1. The molecule has 0 atom stereocenters. The summed E-state index contributed by atoms with van der Waals surface area (Å²) in [5, 5.41) is 0. The average molecular weight is 188 g/mol. The lowest BCUT2D eigenvalue weighted by molar-refractivity contribution is -0.116. The Morgan fingerprint density at radius 3 is 3.00 bits per heavy atom. The number of carbonyl (C=O) groups excluding carboxylic acids is 1. The van der Waals surface area contributed by atoms with Gasteiger partial charge in [-0.25, -0.2) is 4.98 Å². The molecule has 0 fully saturated rings. The highest BCUT2D eigenvalue weighted by Crippen LogP contribution is 2.14. The monoisotopic (exact) mass is 188 g/mol. The van der Waals surface area contributed by atoms with E-state index in [1.807, 2.05) is 29.8 Å². The largest absolute Gasteiger partial charge is 0.334 e. The lowest BCUT2D eigenvalue weighted by atomic mass is 10.1. The molecule has 0 bridgehead atoms. The molecule has 0 unspecified atom stereocenters. The lowest BCUT2D eigenvalue weighted by Gasteiger charge is -1.99. The van der Waals surface area contributed by atoms with Gasteiger partial charge in [0.25, 0.3) is 0 Å². The highest BCUT2D eigenvalue weighted by molar-refractivity contribution is 5.81. The van der Waals surface area contributed by atoms with Gasteiger partial charge < -0.3 is 4.57 Å². The standard InChI is InChI=1S/C11H12N2O/c1-8(14)5-9-3-4-10-11(6-9)13(2)7-12-10/h3-4,6-7H,5H2,1-2H3. The van der Waals surface area contributed by atoms with Crippen molar-refractivity contribution in [3.05, 3.63) is 30.1 Å². The molecule has 72 valence electrons. The lowest BCUT2D eigenvalue weighted by Crippen LogP contribution is -1.96.